The maximum absolute atomic E-state index is 6.21. The van der Waals surface area contributed by atoms with Crippen LogP contribution in [0.2, 0.25) is 5.02 Å². The van der Waals surface area contributed by atoms with E-state index in [4.69, 9.17) is 26.8 Å². The average Bonchev–Trinajstić information content (AvgIpc) is 2.78. The first-order valence-electron chi connectivity index (χ1n) is 7.00. The maximum Gasteiger partial charge on any atom is 0.169 e. The number of nitrogens with two attached hydrogens (primary N) is 1. The van der Waals surface area contributed by atoms with Crippen LogP contribution in [0.15, 0.2) is 18.3 Å². The number of nitrogens with zero attached hydrogens (tertiary/aromatic N) is 3. The molecule has 7 heteroatoms. The van der Waals surface area contributed by atoms with Crippen molar-refractivity contribution in [2.75, 3.05) is 33.0 Å². The van der Waals surface area contributed by atoms with E-state index in [2.05, 4.69) is 17.0 Å². The van der Waals surface area contributed by atoms with Crippen molar-refractivity contribution < 1.29 is 9.47 Å². The SMILES string of the molecule is COc1cc(Cl)cc(-c2cnn(C)c2N)c1OC1CN(C)C1. The lowest BCUT2D eigenvalue weighted by atomic mass is 10.1. The van der Waals surface area contributed by atoms with Gasteiger partial charge in [-0.3, -0.25) is 9.58 Å². The molecule has 118 valence electrons. The molecule has 2 heterocycles. The fraction of sp³-hybridized carbons (Fsp3) is 0.400. The van der Waals surface area contributed by atoms with Crippen molar-refractivity contribution in [3.63, 3.8) is 0 Å². The van der Waals surface area contributed by atoms with E-state index in [1.54, 1.807) is 31.1 Å². The number of likely N-dealkylation sites (N-methyl/N-ethyl adjacent to an activating group) is 1. The van der Waals surface area contributed by atoms with Crippen LogP contribution in [0, 0.1) is 0 Å². The van der Waals surface area contributed by atoms with Crippen LogP contribution in [-0.4, -0.2) is 48.0 Å². The van der Waals surface area contributed by atoms with Gasteiger partial charge >= 0.3 is 0 Å². The molecule has 6 nitrogen and oxygen atoms in total. The summed E-state index contributed by atoms with van der Waals surface area (Å²) in [5, 5.41) is 4.75. The second-order valence-corrected chi connectivity index (χ2v) is 5.95. The molecule has 1 aromatic heterocycles. The monoisotopic (exact) mass is 322 g/mol. The zero-order valence-corrected chi connectivity index (χ0v) is 13.6. The van der Waals surface area contributed by atoms with Gasteiger partial charge in [0.05, 0.1) is 13.3 Å². The average molecular weight is 323 g/mol. The second kappa shape index (κ2) is 5.70. The quantitative estimate of drug-likeness (QED) is 0.933. The molecular weight excluding hydrogens is 304 g/mol. The first kappa shape index (κ1) is 15.0. The van der Waals surface area contributed by atoms with Gasteiger partial charge in [-0.15, -0.1) is 0 Å². The summed E-state index contributed by atoms with van der Waals surface area (Å²) in [6, 6.07) is 3.57. The van der Waals surface area contributed by atoms with E-state index in [1.165, 1.54) is 0 Å². The highest BCUT2D eigenvalue weighted by Crippen LogP contribution is 2.43. The Morgan fingerprint density at radius 2 is 2.00 bits per heavy atom. The van der Waals surface area contributed by atoms with Crippen molar-refractivity contribution in [2.45, 2.75) is 6.10 Å². The molecule has 2 N–H and O–H groups in total. The van der Waals surface area contributed by atoms with Crippen molar-refractivity contribution in [2.24, 2.45) is 7.05 Å². The minimum absolute atomic E-state index is 0.136. The fourth-order valence-electron chi connectivity index (χ4n) is 2.58. The number of hydrogen-bond acceptors (Lipinski definition) is 5. The Kier molecular flexibility index (Phi) is 3.88. The minimum Gasteiger partial charge on any atom is -0.493 e. The maximum atomic E-state index is 6.21. The molecule has 1 aromatic carbocycles. The van der Waals surface area contributed by atoms with Crippen molar-refractivity contribution >= 4 is 17.4 Å². The molecule has 0 atom stereocenters. The highest BCUT2D eigenvalue weighted by Gasteiger charge is 2.28. The second-order valence-electron chi connectivity index (χ2n) is 5.51. The number of hydrogen-bond donors (Lipinski definition) is 1. The van der Waals surface area contributed by atoms with Gasteiger partial charge in [-0.2, -0.15) is 5.10 Å². The van der Waals surface area contributed by atoms with Crippen LogP contribution in [0.1, 0.15) is 0 Å². The van der Waals surface area contributed by atoms with E-state index in [0.717, 1.165) is 24.2 Å². The molecule has 0 radical (unpaired) electrons. The molecule has 3 rings (SSSR count). The molecule has 22 heavy (non-hydrogen) atoms. The van der Waals surface area contributed by atoms with Crippen LogP contribution in [0.25, 0.3) is 11.1 Å². The number of rotatable bonds is 4. The number of nitrogen functional groups attached to an aromatic ring is 1. The Bertz CT molecular complexity index is 695. The van der Waals surface area contributed by atoms with Gasteiger partial charge in [0, 0.05) is 42.4 Å². The van der Waals surface area contributed by atoms with Gasteiger partial charge in [0.25, 0.3) is 0 Å². The predicted octanol–water partition coefficient (Wildman–Crippen LogP) is 2.02. The molecule has 0 amide bonds. The van der Waals surface area contributed by atoms with Crippen LogP contribution in [0.3, 0.4) is 0 Å². The Morgan fingerprint density at radius 1 is 1.27 bits per heavy atom. The largest absolute Gasteiger partial charge is 0.493 e. The number of likely N-dealkylation sites (tertiary alicyclic amines) is 1. The normalized spacial score (nSPS) is 15.6. The lowest BCUT2D eigenvalue weighted by Gasteiger charge is -2.36. The highest BCUT2D eigenvalue weighted by atomic mass is 35.5. The lowest BCUT2D eigenvalue weighted by molar-refractivity contribution is 0.0374. The molecule has 0 unspecified atom stereocenters. The van der Waals surface area contributed by atoms with Gasteiger partial charge in [0.2, 0.25) is 0 Å². The Labute approximate surface area is 134 Å². The van der Waals surface area contributed by atoms with E-state index in [9.17, 15) is 0 Å². The molecule has 1 aliphatic rings. The van der Waals surface area contributed by atoms with E-state index >= 15 is 0 Å². The molecule has 1 aliphatic heterocycles. The molecule has 0 saturated carbocycles. The Hall–Kier alpha value is -1.92. The summed E-state index contributed by atoms with van der Waals surface area (Å²) in [7, 11) is 5.45. The highest BCUT2D eigenvalue weighted by molar-refractivity contribution is 6.31. The van der Waals surface area contributed by atoms with Gasteiger partial charge in [-0.25, -0.2) is 0 Å². The summed E-state index contributed by atoms with van der Waals surface area (Å²) in [6.07, 6.45) is 1.84. The number of benzene rings is 1. The molecule has 0 spiro atoms. The van der Waals surface area contributed by atoms with Gasteiger partial charge < -0.3 is 15.2 Å². The Morgan fingerprint density at radius 3 is 2.55 bits per heavy atom. The molecule has 0 bridgehead atoms. The first-order chi connectivity index (χ1) is 10.5. The lowest BCUT2D eigenvalue weighted by Crippen LogP contribution is -2.51. The van der Waals surface area contributed by atoms with Crippen LogP contribution < -0.4 is 15.2 Å². The number of aryl methyl sites for hydroxylation is 1. The number of methoxy groups -OCH3 is 1. The molecule has 0 aliphatic carbocycles. The molecular formula is C15H19ClN4O2. The number of halogens is 1. The topological polar surface area (TPSA) is 65.5 Å². The van der Waals surface area contributed by atoms with Crippen molar-refractivity contribution in [3.8, 4) is 22.6 Å². The predicted molar refractivity (Wildman–Crippen MR) is 86.5 cm³/mol. The number of ether oxygens (including phenoxy) is 2. The van der Waals surface area contributed by atoms with Gasteiger partial charge in [0.15, 0.2) is 11.5 Å². The van der Waals surface area contributed by atoms with E-state index < -0.39 is 0 Å². The van der Waals surface area contributed by atoms with Crippen LogP contribution >= 0.6 is 11.6 Å². The van der Waals surface area contributed by atoms with Crippen LogP contribution in [-0.2, 0) is 7.05 Å². The third kappa shape index (κ3) is 2.60. The molecule has 2 aromatic rings. The van der Waals surface area contributed by atoms with Crippen LogP contribution in [0.4, 0.5) is 5.82 Å². The summed E-state index contributed by atoms with van der Waals surface area (Å²) >= 11 is 6.21. The zero-order valence-electron chi connectivity index (χ0n) is 12.8. The van der Waals surface area contributed by atoms with Gasteiger partial charge in [0.1, 0.15) is 11.9 Å². The van der Waals surface area contributed by atoms with Gasteiger partial charge in [-0.1, -0.05) is 11.6 Å². The summed E-state index contributed by atoms with van der Waals surface area (Å²) < 4.78 is 13.2. The molecule has 1 saturated heterocycles. The van der Waals surface area contributed by atoms with Crippen molar-refractivity contribution in [1.29, 1.82) is 0 Å². The fourth-order valence-corrected chi connectivity index (χ4v) is 2.79. The first-order valence-corrected chi connectivity index (χ1v) is 7.38. The standard InChI is InChI=1S/C15H19ClN4O2/c1-19-7-10(8-19)22-14-11(4-9(16)5-13(14)21-3)12-6-18-20(2)15(12)17/h4-6,10H,7-8,17H2,1-3H3. The number of aromatic nitrogens is 2. The number of anilines is 1. The zero-order chi connectivity index (χ0) is 15.9. The van der Waals surface area contributed by atoms with E-state index in [-0.39, 0.29) is 6.10 Å². The van der Waals surface area contributed by atoms with Crippen molar-refractivity contribution in [1.82, 2.24) is 14.7 Å². The summed E-state index contributed by atoms with van der Waals surface area (Å²) in [4.78, 5) is 2.19. The Balaban J connectivity index is 2.06. The third-order valence-corrected chi connectivity index (χ3v) is 4.05. The van der Waals surface area contributed by atoms with E-state index in [0.29, 0.717) is 22.3 Å². The van der Waals surface area contributed by atoms with E-state index in [1.807, 2.05) is 6.07 Å². The van der Waals surface area contributed by atoms with Crippen LogP contribution in [0.5, 0.6) is 11.5 Å². The minimum atomic E-state index is 0.136. The smallest absolute Gasteiger partial charge is 0.169 e. The van der Waals surface area contributed by atoms with Crippen molar-refractivity contribution in [3.05, 3.63) is 23.4 Å². The summed E-state index contributed by atoms with van der Waals surface area (Å²) in [6.45, 7) is 1.77. The summed E-state index contributed by atoms with van der Waals surface area (Å²) in [5.74, 6) is 1.81. The third-order valence-electron chi connectivity index (χ3n) is 3.83. The molecule has 1 fully saturated rings. The van der Waals surface area contributed by atoms with Gasteiger partial charge in [-0.05, 0) is 13.1 Å². The summed E-state index contributed by atoms with van der Waals surface area (Å²) in [5.41, 5.74) is 7.68.